The zero-order valence-electron chi connectivity index (χ0n) is 10.5. The van der Waals surface area contributed by atoms with E-state index in [9.17, 15) is 9.59 Å². The molecular formula is C14H11NO2S2. The van der Waals surface area contributed by atoms with Gasteiger partial charge in [-0.25, -0.2) is 0 Å². The Kier molecular flexibility index (Phi) is 2.88. The van der Waals surface area contributed by atoms with Crippen molar-refractivity contribution in [3.8, 4) is 21.0 Å². The van der Waals surface area contributed by atoms with Crippen molar-refractivity contribution in [2.24, 2.45) is 7.05 Å². The number of aromatic nitrogens is 1. The van der Waals surface area contributed by atoms with Crippen LogP contribution >= 0.6 is 20.7 Å². The number of benzene rings is 1. The lowest BCUT2D eigenvalue weighted by atomic mass is 10.1. The van der Waals surface area contributed by atoms with Crippen LogP contribution in [0.15, 0.2) is 35.1 Å². The Morgan fingerprint density at radius 2 is 1.74 bits per heavy atom. The van der Waals surface area contributed by atoms with E-state index >= 15 is 0 Å². The molecule has 1 aromatic rings. The SMILES string of the molecule is CC(=O)c1c2ssc(-c3ccccc3)c-2n(C)c1=O. The van der Waals surface area contributed by atoms with E-state index in [1.54, 1.807) is 22.0 Å². The van der Waals surface area contributed by atoms with Crippen LogP contribution in [0.3, 0.4) is 0 Å². The summed E-state index contributed by atoms with van der Waals surface area (Å²) >= 11 is 0. The number of carbonyl (C=O) groups is 1. The minimum Gasteiger partial charge on any atom is -0.309 e. The van der Waals surface area contributed by atoms with Crippen molar-refractivity contribution in [1.82, 2.24) is 4.57 Å². The van der Waals surface area contributed by atoms with Crippen LogP contribution in [0.2, 0.25) is 0 Å². The molecule has 0 fully saturated rings. The number of carbonyl (C=O) groups excluding carboxylic acids is 1. The summed E-state index contributed by atoms with van der Waals surface area (Å²) in [4.78, 5) is 25.6. The van der Waals surface area contributed by atoms with E-state index in [4.69, 9.17) is 0 Å². The number of hydrogen-bond acceptors (Lipinski definition) is 4. The minimum atomic E-state index is -0.196. The lowest BCUT2D eigenvalue weighted by Gasteiger charge is -2.01. The Morgan fingerprint density at radius 1 is 1.11 bits per heavy atom. The van der Waals surface area contributed by atoms with Crippen molar-refractivity contribution in [2.45, 2.75) is 6.92 Å². The van der Waals surface area contributed by atoms with Gasteiger partial charge in [-0.15, -0.1) is 0 Å². The van der Waals surface area contributed by atoms with Crippen LogP contribution in [0.4, 0.5) is 0 Å². The van der Waals surface area contributed by atoms with Crippen molar-refractivity contribution >= 4 is 26.5 Å². The zero-order chi connectivity index (χ0) is 13.6. The van der Waals surface area contributed by atoms with Crippen molar-refractivity contribution in [1.29, 1.82) is 0 Å². The second kappa shape index (κ2) is 4.43. The van der Waals surface area contributed by atoms with E-state index < -0.39 is 0 Å². The maximum atomic E-state index is 12.1. The topological polar surface area (TPSA) is 39.1 Å². The largest absolute Gasteiger partial charge is 0.309 e. The van der Waals surface area contributed by atoms with Crippen molar-refractivity contribution in [3.05, 3.63) is 46.2 Å². The van der Waals surface area contributed by atoms with Crippen LogP contribution in [0.1, 0.15) is 17.3 Å². The first kappa shape index (κ1) is 12.3. The summed E-state index contributed by atoms with van der Waals surface area (Å²) in [6.07, 6.45) is 0. The summed E-state index contributed by atoms with van der Waals surface area (Å²) < 4.78 is 1.58. The average molecular weight is 289 g/mol. The molecule has 0 spiro atoms. The lowest BCUT2D eigenvalue weighted by Crippen LogP contribution is -2.16. The molecule has 0 unspecified atom stereocenters. The Balaban J connectivity index is 2.31. The molecule has 3 rings (SSSR count). The van der Waals surface area contributed by atoms with Crippen LogP contribution in [0, 0.1) is 0 Å². The van der Waals surface area contributed by atoms with Gasteiger partial charge in [-0.2, -0.15) is 0 Å². The Morgan fingerprint density at radius 3 is 2.37 bits per heavy atom. The molecular weight excluding hydrogens is 278 g/mol. The van der Waals surface area contributed by atoms with E-state index in [0.29, 0.717) is 5.56 Å². The summed E-state index contributed by atoms with van der Waals surface area (Å²) in [5.74, 6) is -0.163. The predicted octanol–water partition coefficient (Wildman–Crippen LogP) is 3.48. The molecule has 0 aliphatic carbocycles. The fourth-order valence-corrected chi connectivity index (χ4v) is 5.11. The van der Waals surface area contributed by atoms with E-state index in [0.717, 1.165) is 21.0 Å². The number of hydrogen-bond donors (Lipinski definition) is 0. The van der Waals surface area contributed by atoms with Gasteiger partial charge in [0.05, 0.1) is 15.4 Å². The molecule has 0 atom stereocenters. The van der Waals surface area contributed by atoms with Crippen LogP contribution in [0.25, 0.3) is 21.0 Å². The molecule has 0 bridgehead atoms. The number of rotatable bonds is 2. The average Bonchev–Trinajstić information content (AvgIpc) is 2.92. The highest BCUT2D eigenvalue weighted by Gasteiger charge is 2.27. The van der Waals surface area contributed by atoms with E-state index in [1.165, 1.54) is 17.3 Å². The highest BCUT2D eigenvalue weighted by atomic mass is 32.9. The van der Waals surface area contributed by atoms with Crippen molar-refractivity contribution in [2.75, 3.05) is 0 Å². The monoisotopic (exact) mass is 289 g/mol. The Labute approximate surface area is 117 Å². The third-order valence-corrected chi connectivity index (χ3v) is 5.60. The summed E-state index contributed by atoms with van der Waals surface area (Å²) in [6.45, 7) is 1.45. The molecule has 0 saturated carbocycles. The number of nitrogens with zero attached hydrogens (tertiary/aromatic N) is 1. The quantitative estimate of drug-likeness (QED) is 0.535. The molecule has 96 valence electrons. The van der Waals surface area contributed by atoms with Gasteiger partial charge in [0.15, 0.2) is 5.78 Å². The molecule has 3 nitrogen and oxygen atoms in total. The van der Waals surface area contributed by atoms with Gasteiger partial charge in [0, 0.05) is 7.05 Å². The Bertz CT molecular complexity index is 780. The van der Waals surface area contributed by atoms with E-state index in [2.05, 4.69) is 0 Å². The lowest BCUT2D eigenvalue weighted by molar-refractivity contribution is 0.101. The minimum absolute atomic E-state index is 0.163. The fraction of sp³-hybridized carbons (Fsp3) is 0.143. The molecule has 2 heterocycles. The second-order valence-corrected chi connectivity index (χ2v) is 6.48. The Hall–Kier alpha value is -1.72. The first-order valence-corrected chi connectivity index (χ1v) is 7.94. The number of ketones is 1. The summed E-state index contributed by atoms with van der Waals surface area (Å²) in [5.41, 5.74) is 2.07. The molecule has 0 radical (unpaired) electrons. The smallest absolute Gasteiger partial charge is 0.263 e. The molecule has 0 amide bonds. The van der Waals surface area contributed by atoms with E-state index in [-0.39, 0.29) is 11.3 Å². The maximum Gasteiger partial charge on any atom is 0.263 e. The van der Waals surface area contributed by atoms with E-state index in [1.807, 2.05) is 30.3 Å². The van der Waals surface area contributed by atoms with Gasteiger partial charge in [0.2, 0.25) is 0 Å². The second-order valence-electron chi connectivity index (χ2n) is 4.33. The summed E-state index contributed by atoms with van der Waals surface area (Å²) in [5, 5.41) is 0. The molecule has 19 heavy (non-hydrogen) atoms. The highest BCUT2D eigenvalue weighted by Crippen LogP contribution is 2.44. The zero-order valence-corrected chi connectivity index (χ0v) is 12.1. The van der Waals surface area contributed by atoms with Crippen LogP contribution in [0.5, 0.6) is 0 Å². The maximum absolute atomic E-state index is 12.1. The van der Waals surface area contributed by atoms with Crippen molar-refractivity contribution in [3.63, 3.8) is 0 Å². The number of fused-ring (bicyclic) bond motifs is 1. The molecule has 0 aromatic heterocycles. The fourth-order valence-electron chi connectivity index (χ4n) is 2.18. The van der Waals surface area contributed by atoms with Crippen LogP contribution in [-0.4, -0.2) is 10.4 Å². The molecule has 0 saturated heterocycles. The van der Waals surface area contributed by atoms with Gasteiger partial charge in [0.1, 0.15) is 5.56 Å². The molecule has 2 aliphatic heterocycles. The van der Waals surface area contributed by atoms with Gasteiger partial charge in [-0.3, -0.25) is 9.59 Å². The number of Topliss-reactive ketones (excluding diaryl/α,β-unsaturated/α-hetero) is 1. The van der Waals surface area contributed by atoms with Gasteiger partial charge < -0.3 is 4.57 Å². The molecule has 2 aliphatic rings. The molecule has 5 heteroatoms. The third-order valence-electron chi connectivity index (χ3n) is 3.11. The van der Waals surface area contributed by atoms with Gasteiger partial charge in [0.25, 0.3) is 5.56 Å². The predicted molar refractivity (Wildman–Crippen MR) is 79.5 cm³/mol. The summed E-state index contributed by atoms with van der Waals surface area (Å²) in [6, 6.07) is 9.94. The normalized spacial score (nSPS) is 11.1. The summed E-state index contributed by atoms with van der Waals surface area (Å²) in [7, 11) is 4.83. The third kappa shape index (κ3) is 1.77. The van der Waals surface area contributed by atoms with Gasteiger partial charge in [-0.05, 0) is 12.5 Å². The van der Waals surface area contributed by atoms with Crippen molar-refractivity contribution < 1.29 is 4.79 Å². The van der Waals surface area contributed by atoms with Gasteiger partial charge in [-0.1, -0.05) is 51.0 Å². The van der Waals surface area contributed by atoms with Crippen LogP contribution < -0.4 is 5.56 Å². The first-order valence-electron chi connectivity index (χ1n) is 5.79. The highest BCUT2D eigenvalue weighted by molar-refractivity contribution is 7.72. The molecule has 1 aromatic carbocycles. The van der Waals surface area contributed by atoms with Crippen LogP contribution in [-0.2, 0) is 7.05 Å². The van der Waals surface area contributed by atoms with Gasteiger partial charge >= 0.3 is 0 Å². The molecule has 0 N–H and O–H groups in total. The standard InChI is InChI=1S/C14H11NO2S2/c1-8(16)10-13-11(15(2)14(10)17)12(18-19-13)9-6-4-3-5-7-9/h3-7H,1-2H3. The first-order chi connectivity index (χ1) is 9.11.